The molecule has 0 heterocycles. The number of ether oxygens (including phenoxy) is 1. The maximum Gasteiger partial charge on any atom is 0.122 e. The summed E-state index contributed by atoms with van der Waals surface area (Å²) in [6.45, 7) is 0. The molecule has 0 saturated heterocycles. The van der Waals surface area contributed by atoms with Crippen LogP contribution >= 0.6 is 34.8 Å². The van der Waals surface area contributed by atoms with Crippen molar-refractivity contribution in [3.63, 3.8) is 0 Å². The summed E-state index contributed by atoms with van der Waals surface area (Å²) >= 11 is 18.2. The van der Waals surface area contributed by atoms with Gasteiger partial charge in [0.05, 0.1) is 7.11 Å². The molecule has 0 fully saturated rings. The van der Waals surface area contributed by atoms with Crippen molar-refractivity contribution in [1.29, 1.82) is 0 Å². The zero-order valence-electron chi connectivity index (χ0n) is 10.9. The van der Waals surface area contributed by atoms with E-state index in [1.165, 1.54) is 0 Å². The summed E-state index contributed by atoms with van der Waals surface area (Å²) < 4.78 is 5.32. The lowest BCUT2D eigenvalue weighted by molar-refractivity contribution is 0.408. The Hall–Kier alpha value is -0.930. The standard InChI is InChI=1S/C15H14Cl3NO/c1-20-15-5-3-10(16)6-9(15)7-14(19)12-8-11(17)2-4-13(12)18/h2-6,8,14H,7,19H2,1H3. The first kappa shape index (κ1) is 15.5. The molecular weight excluding hydrogens is 317 g/mol. The molecule has 106 valence electrons. The predicted molar refractivity (Wildman–Crippen MR) is 85.1 cm³/mol. The molecule has 2 aromatic carbocycles. The maximum absolute atomic E-state index is 6.23. The molecule has 0 bridgehead atoms. The van der Waals surface area contributed by atoms with E-state index in [1.54, 1.807) is 31.4 Å². The van der Waals surface area contributed by atoms with Crippen molar-refractivity contribution in [1.82, 2.24) is 0 Å². The van der Waals surface area contributed by atoms with E-state index >= 15 is 0 Å². The second-order valence-corrected chi connectivity index (χ2v) is 5.71. The van der Waals surface area contributed by atoms with Gasteiger partial charge in [0.2, 0.25) is 0 Å². The van der Waals surface area contributed by atoms with Gasteiger partial charge < -0.3 is 10.5 Å². The quantitative estimate of drug-likeness (QED) is 0.865. The Morgan fingerprint density at radius 1 is 1.05 bits per heavy atom. The molecule has 0 aromatic heterocycles. The zero-order chi connectivity index (χ0) is 14.7. The highest BCUT2D eigenvalue weighted by atomic mass is 35.5. The lowest BCUT2D eigenvalue weighted by Crippen LogP contribution is -2.14. The third-order valence-electron chi connectivity index (χ3n) is 3.04. The van der Waals surface area contributed by atoms with Gasteiger partial charge >= 0.3 is 0 Å². The zero-order valence-corrected chi connectivity index (χ0v) is 13.1. The molecule has 2 aromatic rings. The molecule has 0 aliphatic heterocycles. The van der Waals surface area contributed by atoms with Crippen molar-refractivity contribution in [2.45, 2.75) is 12.5 Å². The molecule has 2 N–H and O–H groups in total. The molecule has 2 nitrogen and oxygen atoms in total. The summed E-state index contributed by atoms with van der Waals surface area (Å²) in [7, 11) is 1.62. The third kappa shape index (κ3) is 3.58. The lowest BCUT2D eigenvalue weighted by atomic mass is 9.99. The lowest BCUT2D eigenvalue weighted by Gasteiger charge is -2.16. The Labute approximate surface area is 133 Å². The fourth-order valence-corrected chi connectivity index (χ4v) is 2.69. The highest BCUT2D eigenvalue weighted by molar-refractivity contribution is 6.33. The van der Waals surface area contributed by atoms with Crippen LogP contribution < -0.4 is 10.5 Å². The molecule has 20 heavy (non-hydrogen) atoms. The summed E-state index contributed by atoms with van der Waals surface area (Å²) in [4.78, 5) is 0. The number of methoxy groups -OCH3 is 1. The number of halogens is 3. The van der Waals surface area contributed by atoms with Crippen molar-refractivity contribution >= 4 is 34.8 Å². The van der Waals surface area contributed by atoms with Gasteiger partial charge in [0.25, 0.3) is 0 Å². The van der Waals surface area contributed by atoms with E-state index in [9.17, 15) is 0 Å². The van der Waals surface area contributed by atoms with Gasteiger partial charge in [-0.25, -0.2) is 0 Å². The summed E-state index contributed by atoms with van der Waals surface area (Å²) in [5.74, 6) is 0.753. The summed E-state index contributed by atoms with van der Waals surface area (Å²) in [5, 5.41) is 1.85. The highest BCUT2D eigenvalue weighted by Gasteiger charge is 2.14. The molecule has 5 heteroatoms. The van der Waals surface area contributed by atoms with Crippen LogP contribution in [-0.2, 0) is 6.42 Å². The van der Waals surface area contributed by atoms with Gasteiger partial charge in [-0.3, -0.25) is 0 Å². The first-order chi connectivity index (χ1) is 9.51. The van der Waals surface area contributed by atoms with E-state index in [4.69, 9.17) is 45.3 Å². The van der Waals surface area contributed by atoms with Crippen LogP contribution in [0.5, 0.6) is 5.75 Å². The van der Waals surface area contributed by atoms with Crippen LogP contribution in [0.2, 0.25) is 15.1 Å². The molecule has 0 saturated carbocycles. The smallest absolute Gasteiger partial charge is 0.122 e. The van der Waals surface area contributed by atoms with E-state index in [1.807, 2.05) is 12.1 Å². The summed E-state index contributed by atoms with van der Waals surface area (Å²) in [5.41, 5.74) is 7.97. The van der Waals surface area contributed by atoms with Gasteiger partial charge in [-0.1, -0.05) is 34.8 Å². The number of benzene rings is 2. The fraction of sp³-hybridized carbons (Fsp3) is 0.200. The van der Waals surface area contributed by atoms with Crippen LogP contribution in [0.3, 0.4) is 0 Å². The van der Waals surface area contributed by atoms with Crippen molar-refractivity contribution < 1.29 is 4.74 Å². The molecule has 1 atom stereocenters. The Balaban J connectivity index is 2.29. The normalized spacial score (nSPS) is 12.2. The van der Waals surface area contributed by atoms with Gasteiger partial charge in [0.15, 0.2) is 0 Å². The van der Waals surface area contributed by atoms with Crippen molar-refractivity contribution in [2.75, 3.05) is 7.11 Å². The molecule has 0 aliphatic rings. The van der Waals surface area contributed by atoms with Gasteiger partial charge in [-0.15, -0.1) is 0 Å². The Kier molecular flexibility index (Phi) is 5.17. The Morgan fingerprint density at radius 2 is 1.70 bits per heavy atom. The highest BCUT2D eigenvalue weighted by Crippen LogP contribution is 2.30. The maximum atomic E-state index is 6.23. The number of nitrogens with two attached hydrogens (primary N) is 1. The molecule has 0 radical (unpaired) electrons. The molecular formula is C15H14Cl3NO. The van der Waals surface area contributed by atoms with Crippen LogP contribution in [-0.4, -0.2) is 7.11 Å². The van der Waals surface area contributed by atoms with E-state index in [0.717, 1.165) is 16.9 Å². The monoisotopic (exact) mass is 329 g/mol. The first-order valence-corrected chi connectivity index (χ1v) is 7.17. The Morgan fingerprint density at radius 3 is 2.40 bits per heavy atom. The second kappa shape index (κ2) is 6.68. The predicted octanol–water partition coefficient (Wildman–Crippen LogP) is 4.90. The molecule has 2 rings (SSSR count). The van der Waals surface area contributed by atoms with E-state index < -0.39 is 0 Å². The third-order valence-corrected chi connectivity index (χ3v) is 3.85. The largest absolute Gasteiger partial charge is 0.496 e. The average Bonchev–Trinajstić information content (AvgIpc) is 2.41. The van der Waals surface area contributed by atoms with E-state index in [-0.39, 0.29) is 6.04 Å². The van der Waals surface area contributed by atoms with Crippen LogP contribution in [0.25, 0.3) is 0 Å². The Bertz CT molecular complexity index is 616. The van der Waals surface area contributed by atoms with Crippen LogP contribution in [0.15, 0.2) is 36.4 Å². The van der Waals surface area contributed by atoms with Crippen molar-refractivity contribution in [3.05, 3.63) is 62.6 Å². The molecule has 0 amide bonds. The number of hydrogen-bond acceptors (Lipinski definition) is 2. The van der Waals surface area contributed by atoms with Gasteiger partial charge in [-0.05, 0) is 53.9 Å². The second-order valence-electron chi connectivity index (χ2n) is 4.43. The van der Waals surface area contributed by atoms with Crippen LogP contribution in [0.1, 0.15) is 17.2 Å². The minimum Gasteiger partial charge on any atom is -0.496 e. The number of rotatable bonds is 4. The molecule has 1 unspecified atom stereocenters. The van der Waals surface area contributed by atoms with Gasteiger partial charge in [0, 0.05) is 21.1 Å². The average molecular weight is 331 g/mol. The summed E-state index contributed by atoms with van der Waals surface area (Å²) in [6, 6.07) is 10.4. The topological polar surface area (TPSA) is 35.2 Å². The minimum atomic E-state index is -0.284. The van der Waals surface area contributed by atoms with E-state index in [0.29, 0.717) is 21.5 Å². The summed E-state index contributed by atoms with van der Waals surface area (Å²) in [6.07, 6.45) is 0.559. The first-order valence-electron chi connectivity index (χ1n) is 6.04. The molecule has 0 spiro atoms. The van der Waals surface area contributed by atoms with Crippen LogP contribution in [0.4, 0.5) is 0 Å². The van der Waals surface area contributed by atoms with Gasteiger partial charge in [0.1, 0.15) is 5.75 Å². The van der Waals surface area contributed by atoms with Crippen molar-refractivity contribution in [3.8, 4) is 5.75 Å². The van der Waals surface area contributed by atoms with Crippen LogP contribution in [0, 0.1) is 0 Å². The van der Waals surface area contributed by atoms with Crippen molar-refractivity contribution in [2.24, 2.45) is 5.73 Å². The van der Waals surface area contributed by atoms with E-state index in [2.05, 4.69) is 0 Å². The fourth-order valence-electron chi connectivity index (χ4n) is 2.05. The minimum absolute atomic E-state index is 0.284. The van der Waals surface area contributed by atoms with Gasteiger partial charge in [-0.2, -0.15) is 0 Å². The SMILES string of the molecule is COc1ccc(Cl)cc1CC(N)c1cc(Cl)ccc1Cl. The number of hydrogen-bond donors (Lipinski definition) is 1. The molecule has 0 aliphatic carbocycles.